The van der Waals surface area contributed by atoms with Crippen LogP contribution in [-0.4, -0.2) is 17.0 Å². The number of carbonyl (C=O) groups excluding carboxylic acids is 2. The smallest absolute Gasteiger partial charge is 0.288 e. The Labute approximate surface area is 53.4 Å². The standard InChI is InChI=1S/C3H2BrNO3/c4-1-2(6)3(7)5-8/h1H2. The largest absolute Gasteiger partial charge is 0.353 e. The maximum absolute atomic E-state index is 10.1. The van der Waals surface area contributed by atoms with Crippen LogP contribution in [0.3, 0.4) is 0 Å². The molecule has 0 aromatic rings. The van der Waals surface area contributed by atoms with E-state index in [1.165, 1.54) is 0 Å². The van der Waals surface area contributed by atoms with Crippen molar-refractivity contribution in [2.75, 3.05) is 5.33 Å². The lowest BCUT2D eigenvalue weighted by Crippen LogP contribution is -2.10. The summed E-state index contributed by atoms with van der Waals surface area (Å²) < 4.78 is 0. The molecule has 0 saturated heterocycles. The molecule has 8 heavy (non-hydrogen) atoms. The fraction of sp³-hybridized carbons (Fsp3) is 0.333. The highest BCUT2D eigenvalue weighted by atomic mass is 79.9. The van der Waals surface area contributed by atoms with Crippen LogP contribution in [0.25, 0.3) is 0 Å². The Kier molecular flexibility index (Phi) is 3.18. The fourth-order valence-electron chi connectivity index (χ4n) is 0.108. The molecule has 0 spiro atoms. The molecule has 0 unspecified atom stereocenters. The molecule has 0 heterocycles. The second-order valence-corrected chi connectivity index (χ2v) is 1.51. The summed E-state index contributed by atoms with van der Waals surface area (Å²) in [5, 5.41) is 1.75. The fourth-order valence-corrected chi connectivity index (χ4v) is 0.348. The van der Waals surface area contributed by atoms with Crippen LogP contribution >= 0.6 is 15.9 Å². The van der Waals surface area contributed by atoms with E-state index in [9.17, 15) is 14.5 Å². The van der Waals surface area contributed by atoms with Gasteiger partial charge in [0.15, 0.2) is 0 Å². The van der Waals surface area contributed by atoms with E-state index in [2.05, 4.69) is 15.9 Å². The average molecular weight is 180 g/mol. The number of alkyl halides is 1. The van der Waals surface area contributed by atoms with Crippen molar-refractivity contribution in [2.24, 2.45) is 5.18 Å². The summed E-state index contributed by atoms with van der Waals surface area (Å²) in [6.07, 6.45) is 0. The Balaban J connectivity index is 3.82. The first-order valence-electron chi connectivity index (χ1n) is 1.69. The summed E-state index contributed by atoms with van der Waals surface area (Å²) in [7, 11) is 0. The second-order valence-electron chi connectivity index (χ2n) is 0.953. The van der Waals surface area contributed by atoms with Crippen LogP contribution in [-0.2, 0) is 9.59 Å². The zero-order valence-corrected chi connectivity index (χ0v) is 5.34. The third kappa shape index (κ3) is 1.92. The van der Waals surface area contributed by atoms with Gasteiger partial charge in [0.25, 0.3) is 0 Å². The summed E-state index contributed by atoms with van der Waals surface area (Å²) in [4.78, 5) is 29.2. The molecule has 5 heteroatoms. The summed E-state index contributed by atoms with van der Waals surface area (Å²) >= 11 is 2.69. The highest BCUT2D eigenvalue weighted by Crippen LogP contribution is 1.84. The van der Waals surface area contributed by atoms with Crippen molar-refractivity contribution in [3.63, 3.8) is 0 Å². The summed E-state index contributed by atoms with van der Waals surface area (Å²) in [5.74, 6) is -2.05. The summed E-state index contributed by atoms with van der Waals surface area (Å²) in [5.41, 5.74) is 0. The van der Waals surface area contributed by atoms with Gasteiger partial charge in [0.2, 0.25) is 5.78 Å². The zero-order chi connectivity index (χ0) is 6.57. The number of hydrogen-bond donors (Lipinski definition) is 0. The van der Waals surface area contributed by atoms with Crippen molar-refractivity contribution in [1.29, 1.82) is 0 Å². The molecule has 0 fully saturated rings. The van der Waals surface area contributed by atoms with Crippen LogP contribution in [0.1, 0.15) is 0 Å². The number of carbonyl (C=O) groups is 2. The van der Waals surface area contributed by atoms with E-state index in [-0.39, 0.29) is 5.33 Å². The van der Waals surface area contributed by atoms with Crippen molar-refractivity contribution in [2.45, 2.75) is 0 Å². The van der Waals surface area contributed by atoms with Crippen molar-refractivity contribution < 1.29 is 9.59 Å². The molecular formula is C3H2BrNO3. The number of halogens is 1. The topological polar surface area (TPSA) is 63.6 Å². The van der Waals surface area contributed by atoms with Gasteiger partial charge in [-0.25, -0.2) is 0 Å². The SMILES string of the molecule is O=NC(=O)C(=O)CBr. The number of ketones is 1. The van der Waals surface area contributed by atoms with E-state index in [0.717, 1.165) is 0 Å². The van der Waals surface area contributed by atoms with E-state index in [1.54, 1.807) is 0 Å². The second kappa shape index (κ2) is 3.43. The van der Waals surface area contributed by atoms with Crippen LogP contribution in [0.5, 0.6) is 0 Å². The van der Waals surface area contributed by atoms with Gasteiger partial charge in [-0.15, -0.1) is 4.91 Å². The van der Waals surface area contributed by atoms with Crippen molar-refractivity contribution >= 4 is 27.6 Å². The molecular weight excluding hydrogens is 178 g/mol. The van der Waals surface area contributed by atoms with Crippen LogP contribution in [0.15, 0.2) is 5.18 Å². The normalized spacial score (nSPS) is 8.12. The molecule has 0 rings (SSSR count). The third-order valence-electron chi connectivity index (χ3n) is 0.443. The van der Waals surface area contributed by atoms with Crippen LogP contribution in [0.4, 0.5) is 0 Å². The Morgan fingerprint density at radius 3 is 2.12 bits per heavy atom. The van der Waals surface area contributed by atoms with Gasteiger partial charge in [-0.3, -0.25) is 9.59 Å². The number of rotatable bonds is 2. The summed E-state index contributed by atoms with van der Waals surface area (Å²) in [6, 6.07) is 0. The predicted octanol–water partition coefficient (Wildman–Crippen LogP) is 0.243. The quantitative estimate of drug-likeness (QED) is 0.347. The highest BCUT2D eigenvalue weighted by Gasteiger charge is 2.10. The monoisotopic (exact) mass is 179 g/mol. The molecule has 4 nitrogen and oxygen atoms in total. The Morgan fingerprint density at radius 2 is 2.00 bits per heavy atom. The van der Waals surface area contributed by atoms with E-state index in [4.69, 9.17) is 0 Å². The first-order valence-corrected chi connectivity index (χ1v) is 2.81. The maximum atomic E-state index is 10.1. The molecule has 0 bridgehead atoms. The molecule has 0 N–H and O–H groups in total. The lowest BCUT2D eigenvalue weighted by atomic mass is 10.4. The van der Waals surface area contributed by atoms with Crippen LogP contribution < -0.4 is 0 Å². The Bertz CT molecular complexity index is 132. The van der Waals surface area contributed by atoms with Gasteiger partial charge >= 0.3 is 5.91 Å². The minimum atomic E-state index is -1.23. The summed E-state index contributed by atoms with van der Waals surface area (Å²) in [6.45, 7) is 0. The molecule has 0 aliphatic carbocycles. The molecule has 0 aromatic heterocycles. The number of Topliss-reactive ketones (excluding diaryl/α,β-unsaturated/α-hetero) is 1. The van der Waals surface area contributed by atoms with E-state index in [0.29, 0.717) is 0 Å². The van der Waals surface area contributed by atoms with Gasteiger partial charge in [0, 0.05) is 5.18 Å². The zero-order valence-electron chi connectivity index (χ0n) is 3.76. The average Bonchev–Trinajstić information content (AvgIpc) is 1.84. The lowest BCUT2D eigenvalue weighted by molar-refractivity contribution is -0.134. The van der Waals surface area contributed by atoms with E-state index < -0.39 is 11.7 Å². The number of nitrogens with zero attached hydrogens (tertiary/aromatic N) is 1. The minimum Gasteiger partial charge on any atom is -0.288 e. The van der Waals surface area contributed by atoms with Crippen molar-refractivity contribution in [3.05, 3.63) is 4.91 Å². The number of amides is 1. The van der Waals surface area contributed by atoms with Gasteiger partial charge in [-0.1, -0.05) is 15.9 Å². The van der Waals surface area contributed by atoms with Gasteiger partial charge in [0.1, 0.15) is 0 Å². The van der Waals surface area contributed by atoms with Gasteiger partial charge in [0.05, 0.1) is 5.33 Å². The van der Waals surface area contributed by atoms with Gasteiger partial charge in [-0.05, 0) is 0 Å². The lowest BCUT2D eigenvalue weighted by Gasteiger charge is -1.78. The molecule has 0 radical (unpaired) electrons. The number of hydrogen-bond acceptors (Lipinski definition) is 3. The molecule has 1 amide bonds. The van der Waals surface area contributed by atoms with Crippen LogP contribution in [0, 0.1) is 4.91 Å². The Hall–Kier alpha value is -0.580. The highest BCUT2D eigenvalue weighted by molar-refractivity contribution is 9.09. The van der Waals surface area contributed by atoms with Crippen molar-refractivity contribution in [1.82, 2.24) is 0 Å². The molecule has 0 aliphatic rings. The van der Waals surface area contributed by atoms with Crippen molar-refractivity contribution in [3.8, 4) is 0 Å². The van der Waals surface area contributed by atoms with E-state index >= 15 is 0 Å². The van der Waals surface area contributed by atoms with Gasteiger partial charge in [-0.2, -0.15) is 0 Å². The minimum absolute atomic E-state index is 0.141. The third-order valence-corrected chi connectivity index (χ3v) is 0.952. The Morgan fingerprint density at radius 1 is 1.50 bits per heavy atom. The molecule has 0 aromatic carbocycles. The first kappa shape index (κ1) is 7.42. The first-order chi connectivity index (χ1) is 3.72. The van der Waals surface area contributed by atoms with Gasteiger partial charge < -0.3 is 0 Å². The number of nitroso groups, excluding NO2 is 1. The maximum Gasteiger partial charge on any atom is 0.353 e. The molecule has 0 saturated carbocycles. The van der Waals surface area contributed by atoms with E-state index in [1.807, 2.05) is 5.18 Å². The molecule has 44 valence electrons. The van der Waals surface area contributed by atoms with Crippen LogP contribution in [0.2, 0.25) is 0 Å². The molecule has 0 aliphatic heterocycles. The molecule has 0 atom stereocenters. The predicted molar refractivity (Wildman–Crippen MR) is 29.6 cm³/mol.